The van der Waals surface area contributed by atoms with E-state index in [-0.39, 0.29) is 11.8 Å². The lowest BCUT2D eigenvalue weighted by Crippen LogP contribution is -2.11. The van der Waals surface area contributed by atoms with Crippen LogP contribution in [0, 0.1) is 5.41 Å². The average molecular weight is 424 g/mol. The zero-order chi connectivity index (χ0) is 22.5. The second kappa shape index (κ2) is 9.35. The van der Waals surface area contributed by atoms with Crippen LogP contribution in [0.15, 0.2) is 91.3 Å². The van der Waals surface area contributed by atoms with Crippen LogP contribution in [0.3, 0.4) is 0 Å². The Hall–Kier alpha value is -4.12. The van der Waals surface area contributed by atoms with E-state index in [2.05, 4.69) is 24.3 Å². The van der Waals surface area contributed by atoms with E-state index in [4.69, 9.17) is 15.9 Å². The fraction of sp³-hybridized carbons (Fsp3) is 0.111. The van der Waals surface area contributed by atoms with Gasteiger partial charge in [0.05, 0.1) is 12.2 Å². The number of nitrogens with two attached hydrogens (primary N) is 1. The summed E-state index contributed by atoms with van der Waals surface area (Å²) in [5.41, 5.74) is 11.9. The van der Waals surface area contributed by atoms with Crippen molar-refractivity contribution in [2.75, 3.05) is 6.61 Å². The number of nitrogens with zero attached hydrogens (tertiary/aromatic N) is 1. The molecule has 0 saturated carbocycles. The van der Waals surface area contributed by atoms with Crippen LogP contribution in [0.25, 0.3) is 22.3 Å². The minimum atomic E-state index is -0.342. The zero-order valence-corrected chi connectivity index (χ0v) is 17.9. The maximum atomic E-state index is 12.7. The summed E-state index contributed by atoms with van der Waals surface area (Å²) in [6.07, 6.45) is 3.78. The van der Waals surface area contributed by atoms with Gasteiger partial charge in [-0.25, -0.2) is 4.79 Å². The molecule has 1 aromatic heterocycles. The van der Waals surface area contributed by atoms with Gasteiger partial charge in [-0.1, -0.05) is 72.8 Å². The Morgan fingerprint density at radius 2 is 1.59 bits per heavy atom. The zero-order valence-electron chi connectivity index (χ0n) is 17.9. The number of hydrogen-bond donors (Lipinski definition) is 2. The monoisotopic (exact) mass is 423 g/mol. The molecule has 0 saturated heterocycles. The van der Waals surface area contributed by atoms with E-state index in [1.807, 2.05) is 71.6 Å². The SMILES string of the molecule is CCOC(=O)c1cn(Cc2cccc(C(=N)N)c2)cc1-c1ccc(-c2ccccc2)cc1. The first-order valence-electron chi connectivity index (χ1n) is 10.5. The van der Waals surface area contributed by atoms with Gasteiger partial charge < -0.3 is 15.0 Å². The maximum Gasteiger partial charge on any atom is 0.340 e. The summed E-state index contributed by atoms with van der Waals surface area (Å²) in [5, 5.41) is 7.65. The molecule has 3 N–H and O–H groups in total. The predicted molar refractivity (Wildman–Crippen MR) is 128 cm³/mol. The fourth-order valence-corrected chi connectivity index (χ4v) is 3.72. The van der Waals surface area contributed by atoms with E-state index >= 15 is 0 Å². The van der Waals surface area contributed by atoms with Crippen molar-refractivity contribution >= 4 is 11.8 Å². The van der Waals surface area contributed by atoms with Crippen molar-refractivity contribution in [2.45, 2.75) is 13.5 Å². The summed E-state index contributed by atoms with van der Waals surface area (Å²) in [7, 11) is 0. The molecule has 4 aromatic rings. The Balaban J connectivity index is 1.68. The number of rotatable bonds is 7. The molecule has 160 valence electrons. The highest BCUT2D eigenvalue weighted by Gasteiger charge is 2.17. The van der Waals surface area contributed by atoms with Gasteiger partial charge in [-0.15, -0.1) is 0 Å². The number of carbonyl (C=O) groups is 1. The van der Waals surface area contributed by atoms with Gasteiger partial charge in [-0.3, -0.25) is 5.41 Å². The summed E-state index contributed by atoms with van der Waals surface area (Å²) in [6, 6.07) is 25.9. The minimum Gasteiger partial charge on any atom is -0.462 e. The van der Waals surface area contributed by atoms with Gasteiger partial charge in [-0.05, 0) is 35.2 Å². The Morgan fingerprint density at radius 1 is 0.906 bits per heavy atom. The van der Waals surface area contributed by atoms with Crippen LogP contribution in [0.5, 0.6) is 0 Å². The number of nitrogen functional groups attached to an aromatic ring is 1. The van der Waals surface area contributed by atoms with Crippen molar-refractivity contribution < 1.29 is 9.53 Å². The Labute approximate surface area is 187 Å². The van der Waals surface area contributed by atoms with Crippen LogP contribution < -0.4 is 5.73 Å². The number of esters is 1. The molecule has 4 rings (SSSR count). The van der Waals surface area contributed by atoms with Crippen LogP contribution in [-0.2, 0) is 11.3 Å². The van der Waals surface area contributed by atoms with Crippen molar-refractivity contribution in [1.82, 2.24) is 4.57 Å². The number of nitrogens with one attached hydrogen (secondary N) is 1. The molecule has 0 atom stereocenters. The van der Waals surface area contributed by atoms with Crippen molar-refractivity contribution in [3.05, 3.63) is 108 Å². The quantitative estimate of drug-likeness (QED) is 0.239. The molecule has 0 aliphatic carbocycles. The first kappa shape index (κ1) is 21.1. The molecule has 32 heavy (non-hydrogen) atoms. The molecule has 1 heterocycles. The van der Waals surface area contributed by atoms with E-state index in [9.17, 15) is 4.79 Å². The number of aromatic nitrogens is 1. The van der Waals surface area contributed by atoms with Crippen LogP contribution in [0.2, 0.25) is 0 Å². The lowest BCUT2D eigenvalue weighted by atomic mass is 10.00. The molecule has 0 fully saturated rings. The normalized spacial score (nSPS) is 10.7. The van der Waals surface area contributed by atoms with Gasteiger partial charge in [0.2, 0.25) is 0 Å². The average Bonchev–Trinajstić information content (AvgIpc) is 3.24. The lowest BCUT2D eigenvalue weighted by Gasteiger charge is -2.06. The van der Waals surface area contributed by atoms with Crippen LogP contribution in [-0.4, -0.2) is 23.0 Å². The summed E-state index contributed by atoms with van der Waals surface area (Å²) in [6.45, 7) is 2.67. The van der Waals surface area contributed by atoms with Gasteiger partial charge >= 0.3 is 5.97 Å². The smallest absolute Gasteiger partial charge is 0.340 e. The third kappa shape index (κ3) is 4.62. The molecule has 0 aliphatic rings. The Bertz CT molecular complexity index is 1240. The van der Waals surface area contributed by atoms with Crippen molar-refractivity contribution in [3.63, 3.8) is 0 Å². The second-order valence-corrected chi connectivity index (χ2v) is 7.54. The molecule has 5 nitrogen and oxygen atoms in total. The molecule has 0 aliphatic heterocycles. The van der Waals surface area contributed by atoms with Gasteiger partial charge in [0.1, 0.15) is 5.84 Å². The molecule has 3 aromatic carbocycles. The molecular weight excluding hydrogens is 398 g/mol. The number of benzene rings is 3. The fourth-order valence-electron chi connectivity index (χ4n) is 3.72. The van der Waals surface area contributed by atoms with E-state index in [0.29, 0.717) is 24.3 Å². The number of amidine groups is 1. The van der Waals surface area contributed by atoms with E-state index in [0.717, 1.165) is 27.8 Å². The van der Waals surface area contributed by atoms with Gasteiger partial charge in [0.15, 0.2) is 0 Å². The number of carbonyl (C=O) groups excluding carboxylic acids is 1. The second-order valence-electron chi connectivity index (χ2n) is 7.54. The van der Waals surface area contributed by atoms with Crippen LogP contribution >= 0.6 is 0 Å². The van der Waals surface area contributed by atoms with Crippen molar-refractivity contribution in [2.24, 2.45) is 5.73 Å². The minimum absolute atomic E-state index is 0.0331. The Kier molecular flexibility index (Phi) is 6.17. The molecule has 0 unspecified atom stereocenters. The summed E-state index contributed by atoms with van der Waals surface area (Å²) >= 11 is 0. The lowest BCUT2D eigenvalue weighted by molar-refractivity contribution is 0.0527. The standard InChI is InChI=1S/C27H25N3O2/c1-2-32-27(31)25-18-30(16-19-7-6-10-23(15-19)26(28)29)17-24(25)22-13-11-21(12-14-22)20-8-4-3-5-9-20/h3-15,17-18H,2,16H2,1H3,(H3,28,29). The van der Waals surface area contributed by atoms with E-state index in [1.54, 1.807) is 6.92 Å². The summed E-state index contributed by atoms with van der Waals surface area (Å²) < 4.78 is 7.26. The van der Waals surface area contributed by atoms with Gasteiger partial charge in [0, 0.05) is 30.1 Å². The maximum absolute atomic E-state index is 12.7. The molecule has 0 amide bonds. The molecule has 0 bridgehead atoms. The van der Waals surface area contributed by atoms with Gasteiger partial charge in [0.25, 0.3) is 0 Å². The van der Waals surface area contributed by atoms with Gasteiger partial charge in [-0.2, -0.15) is 0 Å². The molecular formula is C27H25N3O2. The largest absolute Gasteiger partial charge is 0.462 e. The molecule has 0 spiro atoms. The topological polar surface area (TPSA) is 81.1 Å². The van der Waals surface area contributed by atoms with Crippen molar-refractivity contribution in [1.29, 1.82) is 5.41 Å². The summed E-state index contributed by atoms with van der Waals surface area (Å²) in [5.74, 6) is -0.309. The Morgan fingerprint density at radius 3 is 2.28 bits per heavy atom. The number of ether oxygens (including phenoxy) is 1. The predicted octanol–water partition coefficient (Wildman–Crippen LogP) is 5.33. The number of hydrogen-bond acceptors (Lipinski definition) is 3. The first-order valence-corrected chi connectivity index (χ1v) is 10.5. The highest BCUT2D eigenvalue weighted by molar-refractivity contribution is 5.97. The summed E-state index contributed by atoms with van der Waals surface area (Å²) in [4.78, 5) is 12.7. The highest BCUT2D eigenvalue weighted by atomic mass is 16.5. The third-order valence-corrected chi connectivity index (χ3v) is 5.28. The molecule has 5 heteroatoms. The molecule has 0 radical (unpaired) electrons. The highest BCUT2D eigenvalue weighted by Crippen LogP contribution is 2.29. The van der Waals surface area contributed by atoms with Crippen molar-refractivity contribution in [3.8, 4) is 22.3 Å². The van der Waals surface area contributed by atoms with E-state index in [1.165, 1.54) is 0 Å². The van der Waals surface area contributed by atoms with Crippen LogP contribution in [0.1, 0.15) is 28.4 Å². The van der Waals surface area contributed by atoms with Crippen LogP contribution in [0.4, 0.5) is 0 Å². The van der Waals surface area contributed by atoms with E-state index < -0.39 is 0 Å². The third-order valence-electron chi connectivity index (χ3n) is 5.28. The first-order chi connectivity index (χ1) is 15.5.